The number of piperidine rings is 1. The standard InChI is InChI=1S/C14H22N2O4/c1-8-5-9(2)7-16(6-8)14(20)15-12(17)10(3)11(4)13(18)19/h8-9H,5-7H2,1-4H3,(H,18,19)(H,15,17,20). The SMILES string of the molecule is CC(C(=O)O)=C(C)C(=O)NC(=O)N1CC(C)CC(C)C1. The Kier molecular flexibility index (Phi) is 5.30. The van der Waals surface area contributed by atoms with E-state index in [-0.39, 0.29) is 11.1 Å². The molecule has 0 saturated carbocycles. The third-order valence-electron chi connectivity index (χ3n) is 3.60. The fourth-order valence-corrected chi connectivity index (χ4v) is 2.43. The molecule has 1 saturated heterocycles. The largest absolute Gasteiger partial charge is 0.478 e. The molecular weight excluding hydrogens is 260 g/mol. The molecule has 1 rings (SSSR count). The number of carboxylic acid groups (broad SMARTS) is 1. The summed E-state index contributed by atoms with van der Waals surface area (Å²) in [5.41, 5.74) is -0.0142. The molecule has 6 nitrogen and oxygen atoms in total. The Labute approximate surface area is 118 Å². The smallest absolute Gasteiger partial charge is 0.331 e. The van der Waals surface area contributed by atoms with E-state index in [2.05, 4.69) is 19.2 Å². The Morgan fingerprint density at radius 1 is 1.05 bits per heavy atom. The van der Waals surface area contributed by atoms with Crippen LogP contribution in [0, 0.1) is 11.8 Å². The normalized spacial score (nSPS) is 23.9. The van der Waals surface area contributed by atoms with E-state index in [0.29, 0.717) is 24.9 Å². The highest BCUT2D eigenvalue weighted by atomic mass is 16.4. The van der Waals surface area contributed by atoms with E-state index in [4.69, 9.17) is 5.11 Å². The van der Waals surface area contributed by atoms with Gasteiger partial charge in [-0.3, -0.25) is 10.1 Å². The van der Waals surface area contributed by atoms with Gasteiger partial charge in [0, 0.05) is 24.2 Å². The third-order valence-corrected chi connectivity index (χ3v) is 3.60. The summed E-state index contributed by atoms with van der Waals surface area (Å²) >= 11 is 0. The summed E-state index contributed by atoms with van der Waals surface area (Å²) in [7, 11) is 0. The van der Waals surface area contributed by atoms with Gasteiger partial charge in [0.2, 0.25) is 0 Å². The number of urea groups is 1. The summed E-state index contributed by atoms with van der Waals surface area (Å²) in [6.45, 7) is 8.10. The fourth-order valence-electron chi connectivity index (χ4n) is 2.43. The van der Waals surface area contributed by atoms with Crippen molar-refractivity contribution in [2.75, 3.05) is 13.1 Å². The summed E-state index contributed by atoms with van der Waals surface area (Å²) in [5, 5.41) is 11.1. The monoisotopic (exact) mass is 282 g/mol. The molecule has 0 aromatic heterocycles. The van der Waals surface area contributed by atoms with Crippen LogP contribution in [0.15, 0.2) is 11.1 Å². The molecule has 1 aliphatic heterocycles. The molecule has 1 heterocycles. The van der Waals surface area contributed by atoms with E-state index >= 15 is 0 Å². The van der Waals surface area contributed by atoms with E-state index < -0.39 is 17.9 Å². The Balaban J connectivity index is 2.69. The first-order chi connectivity index (χ1) is 9.22. The minimum absolute atomic E-state index is 0.0453. The van der Waals surface area contributed by atoms with Crippen molar-refractivity contribution in [3.8, 4) is 0 Å². The first-order valence-corrected chi connectivity index (χ1v) is 6.73. The van der Waals surface area contributed by atoms with Gasteiger partial charge in [0.15, 0.2) is 0 Å². The summed E-state index contributed by atoms with van der Waals surface area (Å²) in [4.78, 5) is 36.2. The summed E-state index contributed by atoms with van der Waals surface area (Å²) < 4.78 is 0. The van der Waals surface area contributed by atoms with Gasteiger partial charge in [-0.2, -0.15) is 0 Å². The zero-order valence-corrected chi connectivity index (χ0v) is 12.4. The van der Waals surface area contributed by atoms with Gasteiger partial charge in [-0.15, -0.1) is 0 Å². The molecule has 0 spiro atoms. The number of amides is 3. The molecule has 0 aromatic rings. The van der Waals surface area contributed by atoms with Gasteiger partial charge in [-0.05, 0) is 32.1 Å². The molecule has 3 amide bonds. The zero-order chi connectivity index (χ0) is 15.4. The number of carboxylic acids is 1. The number of rotatable bonds is 2. The van der Waals surface area contributed by atoms with Gasteiger partial charge in [0.25, 0.3) is 5.91 Å². The van der Waals surface area contributed by atoms with Crippen LogP contribution in [0.2, 0.25) is 0 Å². The van der Waals surface area contributed by atoms with Gasteiger partial charge >= 0.3 is 12.0 Å². The average Bonchev–Trinajstić information content (AvgIpc) is 2.35. The molecule has 0 aromatic carbocycles. The number of carbonyl (C=O) groups excluding carboxylic acids is 2. The number of hydrogen-bond donors (Lipinski definition) is 2. The van der Waals surface area contributed by atoms with Crippen molar-refractivity contribution in [3.63, 3.8) is 0 Å². The highest BCUT2D eigenvalue weighted by molar-refractivity contribution is 6.07. The molecule has 2 unspecified atom stereocenters. The molecule has 6 heteroatoms. The van der Waals surface area contributed by atoms with Crippen molar-refractivity contribution < 1.29 is 19.5 Å². The molecule has 1 aliphatic rings. The van der Waals surface area contributed by atoms with Gasteiger partial charge in [0.1, 0.15) is 0 Å². The highest BCUT2D eigenvalue weighted by Gasteiger charge is 2.26. The minimum Gasteiger partial charge on any atom is -0.478 e. The highest BCUT2D eigenvalue weighted by Crippen LogP contribution is 2.20. The molecule has 1 fully saturated rings. The number of nitrogens with one attached hydrogen (secondary N) is 1. The maximum absolute atomic E-state index is 12.0. The summed E-state index contributed by atoms with van der Waals surface area (Å²) in [6.07, 6.45) is 1.06. The second kappa shape index (κ2) is 6.54. The van der Waals surface area contributed by atoms with Crippen LogP contribution in [0.1, 0.15) is 34.1 Å². The lowest BCUT2D eigenvalue weighted by molar-refractivity contribution is -0.133. The summed E-state index contributed by atoms with van der Waals surface area (Å²) in [5.74, 6) is -1.01. The molecule has 0 bridgehead atoms. The number of imide groups is 1. The number of aliphatic carboxylic acids is 1. The topological polar surface area (TPSA) is 86.7 Å². The Bertz CT molecular complexity index is 446. The van der Waals surface area contributed by atoms with Crippen molar-refractivity contribution in [2.24, 2.45) is 11.8 Å². The molecule has 0 aliphatic carbocycles. The lowest BCUT2D eigenvalue weighted by Gasteiger charge is -2.34. The number of likely N-dealkylation sites (tertiary alicyclic amines) is 1. The molecule has 2 atom stereocenters. The zero-order valence-electron chi connectivity index (χ0n) is 12.4. The van der Waals surface area contributed by atoms with Gasteiger partial charge in [0.05, 0.1) is 0 Å². The van der Waals surface area contributed by atoms with Crippen molar-refractivity contribution in [1.29, 1.82) is 0 Å². The second-order valence-electron chi connectivity index (χ2n) is 5.67. The van der Waals surface area contributed by atoms with Crippen LogP contribution in [0.5, 0.6) is 0 Å². The fraction of sp³-hybridized carbons (Fsp3) is 0.643. The van der Waals surface area contributed by atoms with Gasteiger partial charge < -0.3 is 10.0 Å². The Hall–Kier alpha value is -1.85. The lowest BCUT2D eigenvalue weighted by Crippen LogP contribution is -2.49. The molecule has 0 radical (unpaired) electrons. The van der Waals surface area contributed by atoms with Crippen LogP contribution in [-0.4, -0.2) is 41.0 Å². The van der Waals surface area contributed by atoms with Crippen LogP contribution < -0.4 is 5.32 Å². The lowest BCUT2D eigenvalue weighted by atomic mass is 9.92. The van der Waals surface area contributed by atoms with E-state index in [0.717, 1.165) is 6.42 Å². The van der Waals surface area contributed by atoms with Crippen molar-refractivity contribution in [1.82, 2.24) is 10.2 Å². The third kappa shape index (κ3) is 4.08. The average molecular weight is 282 g/mol. The molecule has 112 valence electrons. The van der Waals surface area contributed by atoms with Crippen LogP contribution in [0.4, 0.5) is 4.79 Å². The predicted molar refractivity (Wildman–Crippen MR) is 74.1 cm³/mol. The van der Waals surface area contributed by atoms with Crippen molar-refractivity contribution in [2.45, 2.75) is 34.1 Å². The van der Waals surface area contributed by atoms with Crippen LogP contribution in [0.3, 0.4) is 0 Å². The maximum Gasteiger partial charge on any atom is 0.331 e. The molecule has 20 heavy (non-hydrogen) atoms. The Morgan fingerprint density at radius 3 is 2.00 bits per heavy atom. The van der Waals surface area contributed by atoms with Crippen molar-refractivity contribution >= 4 is 17.9 Å². The van der Waals surface area contributed by atoms with E-state index in [1.807, 2.05) is 0 Å². The maximum atomic E-state index is 12.0. The minimum atomic E-state index is -1.16. The molecule has 2 N–H and O–H groups in total. The quantitative estimate of drug-likeness (QED) is 0.753. The Morgan fingerprint density at radius 2 is 1.55 bits per heavy atom. The van der Waals surface area contributed by atoms with Crippen LogP contribution >= 0.6 is 0 Å². The van der Waals surface area contributed by atoms with Crippen LogP contribution in [-0.2, 0) is 9.59 Å². The van der Waals surface area contributed by atoms with E-state index in [1.165, 1.54) is 13.8 Å². The predicted octanol–water partition coefficient (Wildman–Crippen LogP) is 1.62. The number of carbonyl (C=O) groups is 3. The number of hydrogen-bond acceptors (Lipinski definition) is 3. The second-order valence-corrected chi connectivity index (χ2v) is 5.67. The first kappa shape index (κ1) is 16.2. The molecular formula is C14H22N2O4. The van der Waals surface area contributed by atoms with Gasteiger partial charge in [-0.1, -0.05) is 13.8 Å². The van der Waals surface area contributed by atoms with Crippen LogP contribution in [0.25, 0.3) is 0 Å². The number of nitrogens with zero attached hydrogens (tertiary/aromatic N) is 1. The first-order valence-electron chi connectivity index (χ1n) is 6.73. The summed E-state index contributed by atoms with van der Waals surface area (Å²) in [6, 6.07) is -0.453. The van der Waals surface area contributed by atoms with E-state index in [1.54, 1.807) is 4.90 Å². The van der Waals surface area contributed by atoms with Crippen molar-refractivity contribution in [3.05, 3.63) is 11.1 Å². The van der Waals surface area contributed by atoms with E-state index in [9.17, 15) is 14.4 Å². The van der Waals surface area contributed by atoms with Gasteiger partial charge in [-0.25, -0.2) is 9.59 Å².